The number of amides is 1. The van der Waals surface area contributed by atoms with Crippen molar-refractivity contribution in [3.05, 3.63) is 35.9 Å². The van der Waals surface area contributed by atoms with Crippen molar-refractivity contribution in [2.24, 2.45) is 5.92 Å². The van der Waals surface area contributed by atoms with Gasteiger partial charge >= 0.3 is 0 Å². The molecule has 0 radical (unpaired) electrons. The molecule has 2 rings (SSSR count). The third-order valence-electron chi connectivity index (χ3n) is 4.13. The first-order valence-electron chi connectivity index (χ1n) is 7.61. The average Bonchev–Trinajstić information content (AvgIpc) is 3.04. The van der Waals surface area contributed by atoms with Crippen molar-refractivity contribution in [3.8, 4) is 6.07 Å². The zero-order chi connectivity index (χ0) is 15.1. The first-order valence-corrected chi connectivity index (χ1v) is 7.61. The standard InChI is InChI=1S/C17H22N2O2/c18-13-15(12-14-6-2-1-3-7-14)17(21)19(10-11-20)16-8-4-5-9-16/h1-3,6-7,15-16,20H,4-5,8-12H2. The van der Waals surface area contributed by atoms with E-state index in [9.17, 15) is 15.2 Å². The number of nitrogens with zero attached hydrogens (tertiary/aromatic N) is 2. The van der Waals surface area contributed by atoms with Crippen molar-refractivity contribution < 1.29 is 9.90 Å². The molecule has 112 valence electrons. The lowest BCUT2D eigenvalue weighted by molar-refractivity contribution is -0.136. The molecule has 4 nitrogen and oxygen atoms in total. The summed E-state index contributed by atoms with van der Waals surface area (Å²) in [6, 6.07) is 11.9. The molecule has 0 spiro atoms. The Bertz CT molecular complexity index is 489. The Labute approximate surface area is 126 Å². The van der Waals surface area contributed by atoms with E-state index in [-0.39, 0.29) is 18.6 Å². The van der Waals surface area contributed by atoms with Crippen LogP contribution in [-0.2, 0) is 11.2 Å². The van der Waals surface area contributed by atoms with Crippen LogP contribution in [0, 0.1) is 17.2 Å². The number of aliphatic hydroxyl groups is 1. The van der Waals surface area contributed by atoms with E-state index >= 15 is 0 Å². The molecule has 1 saturated carbocycles. The molecule has 1 aliphatic rings. The Hall–Kier alpha value is -1.86. The number of aliphatic hydroxyl groups excluding tert-OH is 1. The molecule has 1 aromatic carbocycles. The second-order valence-corrected chi connectivity index (χ2v) is 5.56. The summed E-state index contributed by atoms with van der Waals surface area (Å²) in [6.45, 7) is 0.280. The Morgan fingerprint density at radius 1 is 1.33 bits per heavy atom. The number of carbonyl (C=O) groups is 1. The van der Waals surface area contributed by atoms with Crippen LogP contribution in [0.15, 0.2) is 30.3 Å². The van der Waals surface area contributed by atoms with E-state index in [0.29, 0.717) is 13.0 Å². The highest BCUT2D eigenvalue weighted by molar-refractivity contribution is 5.82. The lowest BCUT2D eigenvalue weighted by atomic mass is 9.98. The molecule has 1 amide bonds. The van der Waals surface area contributed by atoms with Crippen LogP contribution in [0.1, 0.15) is 31.2 Å². The predicted octanol–water partition coefficient (Wildman–Crippen LogP) is 2.13. The first-order chi connectivity index (χ1) is 10.3. The van der Waals surface area contributed by atoms with Gasteiger partial charge in [-0.2, -0.15) is 5.26 Å². The van der Waals surface area contributed by atoms with Gasteiger partial charge in [0.25, 0.3) is 0 Å². The molecule has 1 N–H and O–H groups in total. The number of hydrogen-bond donors (Lipinski definition) is 1. The molecule has 1 fully saturated rings. The summed E-state index contributed by atoms with van der Waals surface area (Å²) in [5, 5.41) is 18.6. The van der Waals surface area contributed by atoms with Crippen molar-refractivity contribution >= 4 is 5.91 Å². The molecule has 1 aliphatic carbocycles. The van der Waals surface area contributed by atoms with Crippen LogP contribution in [-0.4, -0.2) is 35.1 Å². The summed E-state index contributed by atoms with van der Waals surface area (Å²) in [4.78, 5) is 14.4. The van der Waals surface area contributed by atoms with Gasteiger partial charge in [-0.25, -0.2) is 0 Å². The number of nitriles is 1. The zero-order valence-electron chi connectivity index (χ0n) is 12.2. The third kappa shape index (κ3) is 4.05. The summed E-state index contributed by atoms with van der Waals surface area (Å²) >= 11 is 0. The zero-order valence-corrected chi connectivity index (χ0v) is 12.2. The lowest BCUT2D eigenvalue weighted by Gasteiger charge is -2.30. The van der Waals surface area contributed by atoms with Gasteiger partial charge in [-0.1, -0.05) is 43.2 Å². The minimum Gasteiger partial charge on any atom is -0.395 e. The fourth-order valence-electron chi connectivity index (χ4n) is 3.03. The minimum atomic E-state index is -0.667. The smallest absolute Gasteiger partial charge is 0.240 e. The van der Waals surface area contributed by atoms with Crippen LogP contribution in [0.2, 0.25) is 0 Å². The summed E-state index contributed by atoms with van der Waals surface area (Å²) < 4.78 is 0. The van der Waals surface area contributed by atoms with Crippen molar-refractivity contribution in [1.29, 1.82) is 5.26 Å². The maximum Gasteiger partial charge on any atom is 0.240 e. The topological polar surface area (TPSA) is 64.3 Å². The Balaban J connectivity index is 2.07. The number of carbonyl (C=O) groups excluding carboxylic acids is 1. The highest BCUT2D eigenvalue weighted by atomic mass is 16.3. The maximum atomic E-state index is 12.6. The predicted molar refractivity (Wildman–Crippen MR) is 80.3 cm³/mol. The molecule has 0 aromatic heterocycles. The van der Waals surface area contributed by atoms with E-state index in [1.54, 1.807) is 4.90 Å². The molecular weight excluding hydrogens is 264 g/mol. The van der Waals surface area contributed by atoms with Crippen molar-refractivity contribution in [1.82, 2.24) is 4.90 Å². The average molecular weight is 286 g/mol. The SMILES string of the molecule is N#CC(Cc1ccccc1)C(=O)N(CCO)C1CCCC1. The molecular formula is C17H22N2O2. The van der Waals surface area contributed by atoms with E-state index < -0.39 is 5.92 Å². The fraction of sp³-hybridized carbons (Fsp3) is 0.529. The summed E-state index contributed by atoms with van der Waals surface area (Å²) in [7, 11) is 0. The number of benzene rings is 1. The molecule has 1 aromatic rings. The number of hydrogen-bond acceptors (Lipinski definition) is 3. The van der Waals surface area contributed by atoms with Crippen LogP contribution in [0.25, 0.3) is 0 Å². The quantitative estimate of drug-likeness (QED) is 0.871. The maximum absolute atomic E-state index is 12.6. The Morgan fingerprint density at radius 2 is 2.00 bits per heavy atom. The van der Waals surface area contributed by atoms with Crippen molar-refractivity contribution in [2.75, 3.05) is 13.2 Å². The van der Waals surface area contributed by atoms with E-state index in [4.69, 9.17) is 0 Å². The number of rotatable bonds is 6. The van der Waals surface area contributed by atoms with Gasteiger partial charge in [-0.15, -0.1) is 0 Å². The van der Waals surface area contributed by atoms with Gasteiger partial charge in [0.15, 0.2) is 0 Å². The molecule has 0 saturated heterocycles. The molecule has 21 heavy (non-hydrogen) atoms. The fourth-order valence-corrected chi connectivity index (χ4v) is 3.03. The van der Waals surface area contributed by atoms with Crippen LogP contribution in [0.3, 0.4) is 0 Å². The van der Waals surface area contributed by atoms with E-state index in [0.717, 1.165) is 31.2 Å². The van der Waals surface area contributed by atoms with Crippen LogP contribution in [0.4, 0.5) is 0 Å². The highest BCUT2D eigenvalue weighted by Crippen LogP contribution is 2.25. The molecule has 0 heterocycles. The summed E-state index contributed by atoms with van der Waals surface area (Å²) in [5.74, 6) is -0.804. The van der Waals surface area contributed by atoms with Gasteiger partial charge in [-0.05, 0) is 24.8 Å². The van der Waals surface area contributed by atoms with Crippen molar-refractivity contribution in [3.63, 3.8) is 0 Å². The Kier molecular flexibility index (Phi) is 5.77. The Morgan fingerprint density at radius 3 is 2.57 bits per heavy atom. The highest BCUT2D eigenvalue weighted by Gasteiger charge is 2.31. The van der Waals surface area contributed by atoms with Gasteiger partial charge in [0.1, 0.15) is 5.92 Å². The van der Waals surface area contributed by atoms with Gasteiger partial charge in [0, 0.05) is 12.6 Å². The molecule has 0 bridgehead atoms. The molecule has 0 aliphatic heterocycles. The van der Waals surface area contributed by atoms with Crippen LogP contribution in [0.5, 0.6) is 0 Å². The summed E-state index contributed by atoms with van der Waals surface area (Å²) in [6.07, 6.45) is 4.64. The van der Waals surface area contributed by atoms with Crippen LogP contribution < -0.4 is 0 Å². The molecule has 4 heteroatoms. The van der Waals surface area contributed by atoms with Gasteiger partial charge in [-0.3, -0.25) is 4.79 Å². The van der Waals surface area contributed by atoms with E-state index in [1.165, 1.54) is 0 Å². The molecule has 1 atom stereocenters. The van der Waals surface area contributed by atoms with Gasteiger partial charge < -0.3 is 10.0 Å². The van der Waals surface area contributed by atoms with E-state index in [2.05, 4.69) is 6.07 Å². The minimum absolute atomic E-state index is 0.0499. The largest absolute Gasteiger partial charge is 0.395 e. The van der Waals surface area contributed by atoms with Crippen LogP contribution >= 0.6 is 0 Å². The van der Waals surface area contributed by atoms with Gasteiger partial charge in [0.2, 0.25) is 5.91 Å². The van der Waals surface area contributed by atoms with Crippen molar-refractivity contribution in [2.45, 2.75) is 38.1 Å². The monoisotopic (exact) mass is 286 g/mol. The first kappa shape index (κ1) is 15.5. The normalized spacial score (nSPS) is 16.4. The third-order valence-corrected chi connectivity index (χ3v) is 4.13. The second-order valence-electron chi connectivity index (χ2n) is 5.56. The van der Waals surface area contributed by atoms with Gasteiger partial charge in [0.05, 0.1) is 12.7 Å². The lowest BCUT2D eigenvalue weighted by Crippen LogP contribution is -2.44. The van der Waals surface area contributed by atoms with E-state index in [1.807, 2.05) is 30.3 Å². The summed E-state index contributed by atoms with van der Waals surface area (Å²) in [5.41, 5.74) is 0.993. The second kappa shape index (κ2) is 7.80. The molecule has 1 unspecified atom stereocenters.